The summed E-state index contributed by atoms with van der Waals surface area (Å²) in [6.07, 6.45) is 0. The lowest BCUT2D eigenvalue weighted by Crippen LogP contribution is -2.22. The smallest absolute Gasteiger partial charge is 0.255 e. The molecule has 1 atom stereocenters. The van der Waals surface area contributed by atoms with E-state index in [-0.39, 0.29) is 17.5 Å². The molecule has 0 aromatic heterocycles. The Morgan fingerprint density at radius 1 is 1.03 bits per heavy atom. The lowest BCUT2D eigenvalue weighted by Gasteiger charge is -2.13. The van der Waals surface area contributed by atoms with Crippen LogP contribution in [0.15, 0.2) is 76.1 Å². The second-order valence-electron chi connectivity index (χ2n) is 6.36. The van der Waals surface area contributed by atoms with Gasteiger partial charge in [-0.05, 0) is 67.6 Å². The Morgan fingerprint density at radius 3 is 2.43 bits per heavy atom. The fraction of sp³-hybridized carbons (Fsp3) is 0.0909. The molecule has 0 heterocycles. The second-order valence-corrected chi connectivity index (χ2v) is 9.13. The molecule has 8 heteroatoms. The van der Waals surface area contributed by atoms with Gasteiger partial charge >= 0.3 is 0 Å². The maximum absolute atomic E-state index is 13.9. The van der Waals surface area contributed by atoms with Gasteiger partial charge in [0.15, 0.2) is 0 Å². The van der Waals surface area contributed by atoms with Crippen molar-refractivity contribution in [1.29, 1.82) is 0 Å². The molecule has 0 saturated heterocycles. The molecule has 0 aliphatic rings. The first kappa shape index (κ1) is 22.3. The number of amides is 2. The van der Waals surface area contributed by atoms with Crippen LogP contribution in [0.2, 0.25) is 5.02 Å². The summed E-state index contributed by atoms with van der Waals surface area (Å²) < 4.78 is 14.5. The van der Waals surface area contributed by atoms with E-state index >= 15 is 0 Å². The van der Waals surface area contributed by atoms with Crippen LogP contribution in [0.4, 0.5) is 15.8 Å². The molecule has 0 fully saturated rings. The van der Waals surface area contributed by atoms with E-state index < -0.39 is 11.1 Å². The summed E-state index contributed by atoms with van der Waals surface area (Å²) in [4.78, 5) is 25.5. The van der Waals surface area contributed by atoms with E-state index in [2.05, 4.69) is 26.6 Å². The lowest BCUT2D eigenvalue weighted by molar-refractivity contribution is -0.115. The molecule has 0 saturated carbocycles. The SMILES string of the molecule is CC(Sc1ccc(NC(=O)c2cccc(Cl)c2)cc1)C(=O)Nc1ccc(Br)cc1F. The zero-order valence-corrected chi connectivity index (χ0v) is 18.9. The van der Waals surface area contributed by atoms with E-state index in [0.717, 1.165) is 4.90 Å². The number of benzene rings is 3. The first-order valence-electron chi connectivity index (χ1n) is 8.91. The normalized spacial score (nSPS) is 11.6. The van der Waals surface area contributed by atoms with Crippen molar-refractivity contribution in [1.82, 2.24) is 0 Å². The van der Waals surface area contributed by atoms with Gasteiger partial charge in [0, 0.05) is 25.6 Å². The summed E-state index contributed by atoms with van der Waals surface area (Å²) in [5.74, 6) is -1.07. The summed E-state index contributed by atoms with van der Waals surface area (Å²) in [6.45, 7) is 1.74. The molecule has 30 heavy (non-hydrogen) atoms. The Labute approximate surface area is 191 Å². The highest BCUT2D eigenvalue weighted by molar-refractivity contribution is 9.10. The largest absolute Gasteiger partial charge is 0.323 e. The van der Waals surface area contributed by atoms with Gasteiger partial charge in [-0.2, -0.15) is 0 Å². The molecule has 3 aromatic rings. The molecule has 4 nitrogen and oxygen atoms in total. The molecule has 154 valence electrons. The molecule has 3 aromatic carbocycles. The van der Waals surface area contributed by atoms with E-state index in [9.17, 15) is 14.0 Å². The van der Waals surface area contributed by atoms with Crippen molar-refractivity contribution < 1.29 is 14.0 Å². The third kappa shape index (κ3) is 6.08. The van der Waals surface area contributed by atoms with Crippen LogP contribution in [0.25, 0.3) is 0 Å². The molecular formula is C22H17BrClFN2O2S. The molecule has 0 spiro atoms. The zero-order valence-electron chi connectivity index (χ0n) is 15.8. The maximum Gasteiger partial charge on any atom is 0.255 e. The Morgan fingerprint density at radius 2 is 1.77 bits per heavy atom. The average Bonchev–Trinajstić information content (AvgIpc) is 2.71. The summed E-state index contributed by atoms with van der Waals surface area (Å²) in [5.41, 5.74) is 1.22. The highest BCUT2D eigenvalue weighted by Gasteiger charge is 2.16. The van der Waals surface area contributed by atoms with Gasteiger partial charge in [0.2, 0.25) is 5.91 Å². The van der Waals surface area contributed by atoms with Crippen LogP contribution in [0.5, 0.6) is 0 Å². The third-order valence-corrected chi connectivity index (χ3v) is 5.91. The van der Waals surface area contributed by atoms with Gasteiger partial charge in [-0.25, -0.2) is 4.39 Å². The molecule has 0 aliphatic heterocycles. The van der Waals surface area contributed by atoms with E-state index in [1.807, 2.05) is 12.1 Å². The first-order chi connectivity index (χ1) is 14.3. The van der Waals surface area contributed by atoms with Gasteiger partial charge < -0.3 is 10.6 Å². The minimum Gasteiger partial charge on any atom is -0.323 e. The number of carbonyl (C=O) groups is 2. The van der Waals surface area contributed by atoms with Crippen molar-refractivity contribution in [2.45, 2.75) is 17.1 Å². The van der Waals surface area contributed by atoms with Crippen molar-refractivity contribution in [3.63, 3.8) is 0 Å². The molecule has 0 aliphatic carbocycles. The monoisotopic (exact) mass is 506 g/mol. The Balaban J connectivity index is 1.58. The second kappa shape index (κ2) is 10.1. The molecule has 0 bridgehead atoms. The van der Waals surface area contributed by atoms with Crippen molar-refractivity contribution in [3.8, 4) is 0 Å². The topological polar surface area (TPSA) is 58.2 Å². The Hall–Kier alpha value is -2.35. The number of anilines is 2. The Bertz CT molecular complexity index is 1080. The van der Waals surface area contributed by atoms with Crippen LogP contribution in [-0.4, -0.2) is 17.1 Å². The minimum absolute atomic E-state index is 0.134. The maximum atomic E-state index is 13.9. The predicted molar refractivity (Wildman–Crippen MR) is 124 cm³/mol. The van der Waals surface area contributed by atoms with Crippen molar-refractivity contribution in [2.75, 3.05) is 10.6 Å². The molecule has 2 N–H and O–H groups in total. The number of halogens is 3. The standard InChI is InChI=1S/C22H17BrClFN2O2S/c1-13(21(28)27-20-10-5-15(23)12-19(20)25)30-18-8-6-17(7-9-18)26-22(29)14-3-2-4-16(24)11-14/h2-13H,1H3,(H,26,29)(H,27,28). The van der Waals surface area contributed by atoms with Crippen LogP contribution in [0, 0.1) is 5.82 Å². The summed E-state index contributed by atoms with van der Waals surface area (Å²) in [5, 5.41) is 5.44. The molecule has 3 rings (SSSR count). The van der Waals surface area contributed by atoms with E-state index in [1.165, 1.54) is 23.9 Å². The minimum atomic E-state index is -0.505. The summed E-state index contributed by atoms with van der Waals surface area (Å²) in [7, 11) is 0. The van der Waals surface area contributed by atoms with Gasteiger partial charge in [0.1, 0.15) is 5.82 Å². The number of rotatable bonds is 6. The number of hydrogen-bond acceptors (Lipinski definition) is 3. The summed E-state index contributed by atoms with van der Waals surface area (Å²) >= 11 is 10.4. The van der Waals surface area contributed by atoms with Gasteiger partial charge in [-0.15, -0.1) is 11.8 Å². The van der Waals surface area contributed by atoms with Gasteiger partial charge in [-0.3, -0.25) is 9.59 Å². The first-order valence-corrected chi connectivity index (χ1v) is 11.0. The third-order valence-electron chi connectivity index (χ3n) is 4.07. The number of nitrogens with one attached hydrogen (secondary N) is 2. The summed E-state index contributed by atoms with van der Waals surface area (Å²) in [6, 6.07) is 18.3. The number of thioether (sulfide) groups is 1. The molecular weight excluding hydrogens is 491 g/mol. The quantitative estimate of drug-likeness (QED) is 0.369. The highest BCUT2D eigenvalue weighted by atomic mass is 79.9. The van der Waals surface area contributed by atoms with E-state index in [1.54, 1.807) is 49.4 Å². The van der Waals surface area contributed by atoms with E-state index in [4.69, 9.17) is 11.6 Å². The number of hydrogen-bond donors (Lipinski definition) is 2. The molecule has 2 amide bonds. The average molecular weight is 508 g/mol. The zero-order chi connectivity index (χ0) is 21.7. The van der Waals surface area contributed by atoms with Crippen LogP contribution in [0.1, 0.15) is 17.3 Å². The van der Waals surface area contributed by atoms with Gasteiger partial charge in [0.25, 0.3) is 5.91 Å². The van der Waals surface area contributed by atoms with Crippen LogP contribution >= 0.6 is 39.3 Å². The predicted octanol–water partition coefficient (Wildman–Crippen LogP) is 6.61. The van der Waals surface area contributed by atoms with Crippen molar-refractivity contribution in [3.05, 3.63) is 87.6 Å². The Kier molecular flexibility index (Phi) is 7.53. The van der Waals surface area contributed by atoms with Crippen LogP contribution in [0.3, 0.4) is 0 Å². The number of carbonyl (C=O) groups excluding carboxylic acids is 2. The van der Waals surface area contributed by atoms with Crippen LogP contribution < -0.4 is 10.6 Å². The fourth-order valence-electron chi connectivity index (χ4n) is 2.53. The van der Waals surface area contributed by atoms with Gasteiger partial charge in [0.05, 0.1) is 10.9 Å². The highest BCUT2D eigenvalue weighted by Crippen LogP contribution is 2.27. The molecule has 0 radical (unpaired) electrons. The molecule has 1 unspecified atom stereocenters. The van der Waals surface area contributed by atoms with Crippen molar-refractivity contribution >= 4 is 62.5 Å². The van der Waals surface area contributed by atoms with Crippen LogP contribution in [-0.2, 0) is 4.79 Å². The van der Waals surface area contributed by atoms with E-state index in [0.29, 0.717) is 20.7 Å². The fourth-order valence-corrected chi connectivity index (χ4v) is 3.92. The van der Waals surface area contributed by atoms with Crippen molar-refractivity contribution in [2.24, 2.45) is 0 Å². The lowest BCUT2D eigenvalue weighted by atomic mass is 10.2. The van der Waals surface area contributed by atoms with Gasteiger partial charge in [-0.1, -0.05) is 33.6 Å².